The minimum atomic E-state index is -0.0820. The third-order valence-corrected chi connectivity index (χ3v) is 6.30. The van der Waals surface area contributed by atoms with Crippen LogP contribution in [0.3, 0.4) is 0 Å². The van der Waals surface area contributed by atoms with Crippen LogP contribution in [0.1, 0.15) is 26.2 Å². The number of guanidine groups is 1. The van der Waals surface area contributed by atoms with Crippen LogP contribution in [0, 0.1) is 5.92 Å². The van der Waals surface area contributed by atoms with Crippen LogP contribution in [0.5, 0.6) is 5.75 Å². The molecule has 9 heteroatoms. The van der Waals surface area contributed by atoms with E-state index in [-0.39, 0.29) is 35.9 Å². The minimum absolute atomic E-state index is 0. The Labute approximate surface area is 215 Å². The molecule has 0 amide bonds. The second kappa shape index (κ2) is 14.5. The van der Waals surface area contributed by atoms with Crippen molar-refractivity contribution in [2.24, 2.45) is 10.9 Å². The van der Waals surface area contributed by atoms with Crippen LogP contribution in [0.25, 0.3) is 0 Å². The highest BCUT2D eigenvalue weighted by Crippen LogP contribution is 2.21. The van der Waals surface area contributed by atoms with Crippen LogP contribution >= 0.6 is 24.0 Å². The fourth-order valence-corrected chi connectivity index (χ4v) is 4.48. The fourth-order valence-electron chi connectivity index (χ4n) is 4.48. The predicted molar refractivity (Wildman–Crippen MR) is 144 cm³/mol. The van der Waals surface area contributed by atoms with E-state index in [1.165, 1.54) is 5.69 Å². The Morgan fingerprint density at radius 1 is 1.15 bits per heavy atom. The molecular weight excluding hydrogens is 533 g/mol. The Bertz CT molecular complexity index is 738. The number of ether oxygens (including phenoxy) is 2. The van der Waals surface area contributed by atoms with Crippen molar-refractivity contribution in [1.29, 1.82) is 0 Å². The zero-order valence-corrected chi connectivity index (χ0v) is 22.6. The van der Waals surface area contributed by atoms with Gasteiger partial charge in [-0.1, -0.05) is 0 Å². The first-order valence-corrected chi connectivity index (χ1v) is 11.9. The Balaban J connectivity index is 0.00000385. The third-order valence-electron chi connectivity index (χ3n) is 6.30. The number of benzene rings is 1. The summed E-state index contributed by atoms with van der Waals surface area (Å²) in [6.07, 6.45) is 2.95. The second-order valence-corrected chi connectivity index (χ2v) is 8.39. The summed E-state index contributed by atoms with van der Waals surface area (Å²) in [4.78, 5) is 23.7. The van der Waals surface area contributed by atoms with E-state index in [9.17, 15) is 4.79 Å². The van der Waals surface area contributed by atoms with Gasteiger partial charge in [-0.3, -0.25) is 14.7 Å². The van der Waals surface area contributed by atoms with Crippen LogP contribution < -0.4 is 15.0 Å². The molecule has 0 spiro atoms. The van der Waals surface area contributed by atoms with Gasteiger partial charge in [-0.05, 0) is 57.0 Å². The summed E-state index contributed by atoms with van der Waals surface area (Å²) in [5, 5.41) is 3.49. The highest BCUT2D eigenvalue weighted by Gasteiger charge is 2.28. The largest absolute Gasteiger partial charge is 0.497 e. The topological polar surface area (TPSA) is 69.6 Å². The van der Waals surface area contributed by atoms with E-state index in [1.54, 1.807) is 7.11 Å². The maximum Gasteiger partial charge on any atom is 0.310 e. The van der Waals surface area contributed by atoms with E-state index in [0.29, 0.717) is 13.2 Å². The van der Waals surface area contributed by atoms with Crippen molar-refractivity contribution in [3.8, 4) is 5.75 Å². The average molecular weight is 574 g/mol. The number of nitrogens with one attached hydrogen (secondary N) is 1. The van der Waals surface area contributed by atoms with Crippen LogP contribution in [0.2, 0.25) is 0 Å². The summed E-state index contributed by atoms with van der Waals surface area (Å²) >= 11 is 0. The first-order chi connectivity index (χ1) is 15.6. The highest BCUT2D eigenvalue weighted by molar-refractivity contribution is 14.0. The number of likely N-dealkylation sites (tertiary alicyclic amines) is 1. The molecule has 0 saturated carbocycles. The number of halogens is 1. The van der Waals surface area contributed by atoms with Crippen LogP contribution in [0.4, 0.5) is 5.69 Å². The van der Waals surface area contributed by atoms with Gasteiger partial charge in [-0.25, -0.2) is 0 Å². The summed E-state index contributed by atoms with van der Waals surface area (Å²) in [6, 6.07) is 8.32. The van der Waals surface area contributed by atoms with Gasteiger partial charge in [0.05, 0.1) is 19.6 Å². The van der Waals surface area contributed by atoms with E-state index in [1.807, 2.05) is 26.1 Å². The van der Waals surface area contributed by atoms with Crippen molar-refractivity contribution in [2.75, 3.05) is 78.0 Å². The number of nitrogens with zero attached hydrogens (tertiary/aromatic N) is 4. The van der Waals surface area contributed by atoms with E-state index in [2.05, 4.69) is 37.1 Å². The van der Waals surface area contributed by atoms with Crippen molar-refractivity contribution in [3.63, 3.8) is 0 Å². The van der Waals surface area contributed by atoms with Crippen molar-refractivity contribution in [1.82, 2.24) is 15.1 Å². The Morgan fingerprint density at radius 3 is 2.52 bits per heavy atom. The van der Waals surface area contributed by atoms with Crippen molar-refractivity contribution in [2.45, 2.75) is 26.2 Å². The van der Waals surface area contributed by atoms with Crippen molar-refractivity contribution in [3.05, 3.63) is 24.3 Å². The standard InChI is InChI=1S/C24H39N5O3.HI/c1-4-32-23(30)20-7-5-14-29(19-20)24(25-2)26-12-6-13-27-15-17-28(18-16-27)21-8-10-22(31-3)11-9-21;/h8-11,20H,4-7,12-19H2,1-3H3,(H,25,26);1H. The van der Waals surface area contributed by atoms with Gasteiger partial charge in [0.2, 0.25) is 0 Å². The summed E-state index contributed by atoms with van der Waals surface area (Å²) in [5.74, 6) is 1.66. The number of methoxy groups -OCH3 is 1. The Kier molecular flexibility index (Phi) is 12.1. The number of rotatable bonds is 8. The molecule has 1 unspecified atom stereocenters. The van der Waals surface area contributed by atoms with Gasteiger partial charge in [0.1, 0.15) is 5.75 Å². The second-order valence-electron chi connectivity index (χ2n) is 8.39. The molecule has 33 heavy (non-hydrogen) atoms. The average Bonchev–Trinajstić information content (AvgIpc) is 2.85. The molecule has 2 heterocycles. The molecule has 2 saturated heterocycles. The molecule has 2 aliphatic rings. The predicted octanol–water partition coefficient (Wildman–Crippen LogP) is 2.68. The summed E-state index contributed by atoms with van der Waals surface area (Å²) in [6.45, 7) is 10.1. The number of anilines is 1. The van der Waals surface area contributed by atoms with E-state index < -0.39 is 0 Å². The first kappa shape index (κ1) is 27.5. The number of esters is 1. The molecule has 3 rings (SSSR count). The molecule has 1 N–H and O–H groups in total. The van der Waals surface area contributed by atoms with E-state index >= 15 is 0 Å². The smallest absolute Gasteiger partial charge is 0.310 e. The van der Waals surface area contributed by atoms with Gasteiger partial charge in [-0.2, -0.15) is 0 Å². The van der Waals surface area contributed by atoms with Gasteiger partial charge >= 0.3 is 5.97 Å². The van der Waals surface area contributed by atoms with Crippen LogP contribution in [-0.2, 0) is 9.53 Å². The van der Waals surface area contributed by atoms with Crippen LogP contribution in [0.15, 0.2) is 29.3 Å². The van der Waals surface area contributed by atoms with E-state index in [0.717, 1.165) is 76.8 Å². The molecule has 186 valence electrons. The molecule has 1 aromatic carbocycles. The molecule has 2 aliphatic heterocycles. The van der Waals surface area contributed by atoms with Crippen molar-refractivity contribution < 1.29 is 14.3 Å². The quantitative estimate of drug-likeness (QED) is 0.169. The fraction of sp³-hybridized carbons (Fsp3) is 0.667. The van der Waals surface area contributed by atoms with Crippen LogP contribution in [-0.4, -0.2) is 94.9 Å². The molecule has 0 aliphatic carbocycles. The number of carbonyl (C=O) groups excluding carboxylic acids is 1. The molecule has 8 nitrogen and oxygen atoms in total. The Hall–Kier alpha value is -1.75. The van der Waals surface area contributed by atoms with Gasteiger partial charge in [0.15, 0.2) is 5.96 Å². The summed E-state index contributed by atoms with van der Waals surface area (Å²) in [7, 11) is 3.51. The maximum atomic E-state index is 12.1. The van der Waals surface area contributed by atoms with Gasteiger partial charge in [0, 0.05) is 58.5 Å². The maximum absolute atomic E-state index is 12.1. The monoisotopic (exact) mass is 573 g/mol. The van der Waals surface area contributed by atoms with Crippen molar-refractivity contribution >= 4 is 41.6 Å². The van der Waals surface area contributed by atoms with E-state index in [4.69, 9.17) is 9.47 Å². The number of carbonyl (C=O) groups is 1. The number of hydrogen-bond acceptors (Lipinski definition) is 6. The molecule has 0 aromatic heterocycles. The zero-order valence-electron chi connectivity index (χ0n) is 20.3. The van der Waals surface area contributed by atoms with Gasteiger partial charge < -0.3 is 24.6 Å². The SMILES string of the molecule is CCOC(=O)C1CCCN(C(=NC)NCCCN2CCN(c3ccc(OC)cc3)CC2)C1.I. The highest BCUT2D eigenvalue weighted by atomic mass is 127. The molecule has 0 radical (unpaired) electrons. The number of aliphatic imine (C=N–C) groups is 1. The first-order valence-electron chi connectivity index (χ1n) is 11.9. The normalized spacial score (nSPS) is 19.6. The lowest BCUT2D eigenvalue weighted by atomic mass is 9.98. The lowest BCUT2D eigenvalue weighted by molar-refractivity contribution is -0.149. The lowest BCUT2D eigenvalue weighted by Gasteiger charge is -2.36. The number of piperidine rings is 1. The zero-order chi connectivity index (χ0) is 22.8. The molecule has 0 bridgehead atoms. The van der Waals surface area contributed by atoms with Gasteiger partial charge in [-0.15, -0.1) is 24.0 Å². The molecule has 1 aromatic rings. The molecule has 1 atom stereocenters. The summed E-state index contributed by atoms with van der Waals surface area (Å²) < 4.78 is 10.5. The minimum Gasteiger partial charge on any atom is -0.497 e. The lowest BCUT2D eigenvalue weighted by Crippen LogP contribution is -2.49. The number of piperazine rings is 1. The number of hydrogen-bond donors (Lipinski definition) is 1. The Morgan fingerprint density at radius 2 is 1.88 bits per heavy atom. The molecule has 2 fully saturated rings. The van der Waals surface area contributed by atoms with Gasteiger partial charge in [0.25, 0.3) is 0 Å². The third kappa shape index (κ3) is 8.20. The summed E-state index contributed by atoms with van der Waals surface area (Å²) in [5.41, 5.74) is 1.26. The molecular formula is C24H40IN5O3.